The van der Waals surface area contributed by atoms with E-state index in [0.29, 0.717) is 19.6 Å². The molecule has 0 aromatic heterocycles. The second-order valence-corrected chi connectivity index (χ2v) is 6.99. The molecule has 1 amide bonds. The van der Waals surface area contributed by atoms with Gasteiger partial charge in [0.15, 0.2) is 0 Å². The molecule has 1 aromatic carbocycles. The number of ether oxygens (including phenoxy) is 1. The summed E-state index contributed by atoms with van der Waals surface area (Å²) < 4.78 is 5.70. The molecular formula is C18H28N2O2. The van der Waals surface area contributed by atoms with Crippen LogP contribution in [0.15, 0.2) is 24.3 Å². The van der Waals surface area contributed by atoms with E-state index in [1.54, 1.807) is 4.90 Å². The predicted molar refractivity (Wildman–Crippen MR) is 88.4 cm³/mol. The number of rotatable bonds is 5. The van der Waals surface area contributed by atoms with Crippen LogP contribution in [0.3, 0.4) is 0 Å². The number of hydrogen-bond donors (Lipinski definition) is 1. The fourth-order valence-corrected chi connectivity index (χ4v) is 3.29. The van der Waals surface area contributed by atoms with Crippen molar-refractivity contribution in [3.63, 3.8) is 0 Å². The van der Waals surface area contributed by atoms with Gasteiger partial charge >= 0.3 is 0 Å². The quantitative estimate of drug-likeness (QED) is 0.909. The van der Waals surface area contributed by atoms with Gasteiger partial charge in [-0.05, 0) is 19.4 Å². The van der Waals surface area contributed by atoms with E-state index in [1.165, 1.54) is 5.56 Å². The molecule has 1 saturated carbocycles. The van der Waals surface area contributed by atoms with Crippen LogP contribution in [0.2, 0.25) is 0 Å². The first kappa shape index (κ1) is 17.0. The lowest BCUT2D eigenvalue weighted by Crippen LogP contribution is -2.75. The van der Waals surface area contributed by atoms with Gasteiger partial charge in [0, 0.05) is 32.0 Å². The number of likely N-dealkylation sites (N-methyl/N-ethyl adjacent to an activating group) is 1. The minimum Gasteiger partial charge on any atom is -0.378 e. The summed E-state index contributed by atoms with van der Waals surface area (Å²) >= 11 is 0. The standard InChI is InChI=1S/C18H28N2O2/c1-6-22-15-11-18(19,17(15,3)4)16(21)20(5)12-14-9-7-8-13(2)10-14/h7-10,15H,6,11-12,19H2,1-5H3. The van der Waals surface area contributed by atoms with Crippen LogP contribution in [0.5, 0.6) is 0 Å². The highest BCUT2D eigenvalue weighted by Crippen LogP contribution is 2.50. The molecule has 122 valence electrons. The molecule has 22 heavy (non-hydrogen) atoms. The maximum absolute atomic E-state index is 12.8. The van der Waals surface area contributed by atoms with Gasteiger partial charge in [-0.3, -0.25) is 4.79 Å². The van der Waals surface area contributed by atoms with Crippen molar-refractivity contribution in [3.8, 4) is 0 Å². The molecule has 2 atom stereocenters. The Hall–Kier alpha value is -1.39. The van der Waals surface area contributed by atoms with Crippen molar-refractivity contribution in [2.45, 2.75) is 52.3 Å². The summed E-state index contributed by atoms with van der Waals surface area (Å²) in [6, 6.07) is 8.20. The van der Waals surface area contributed by atoms with E-state index in [4.69, 9.17) is 10.5 Å². The molecular weight excluding hydrogens is 276 g/mol. The van der Waals surface area contributed by atoms with Gasteiger partial charge in [0.05, 0.1) is 6.10 Å². The average molecular weight is 304 g/mol. The van der Waals surface area contributed by atoms with Gasteiger partial charge in [-0.15, -0.1) is 0 Å². The van der Waals surface area contributed by atoms with E-state index in [-0.39, 0.29) is 17.4 Å². The first-order valence-electron chi connectivity index (χ1n) is 7.94. The smallest absolute Gasteiger partial charge is 0.243 e. The maximum atomic E-state index is 12.8. The van der Waals surface area contributed by atoms with Crippen molar-refractivity contribution in [1.82, 2.24) is 4.90 Å². The Bertz CT molecular complexity index is 556. The van der Waals surface area contributed by atoms with E-state index in [9.17, 15) is 4.79 Å². The molecule has 2 rings (SSSR count). The predicted octanol–water partition coefficient (Wildman–Crippen LogP) is 2.49. The highest BCUT2D eigenvalue weighted by atomic mass is 16.5. The Morgan fingerprint density at radius 1 is 1.45 bits per heavy atom. The summed E-state index contributed by atoms with van der Waals surface area (Å²) in [5.74, 6) is -0.00467. The van der Waals surface area contributed by atoms with E-state index in [2.05, 4.69) is 19.1 Å². The Kier molecular flexibility index (Phi) is 4.64. The van der Waals surface area contributed by atoms with Crippen LogP contribution in [-0.4, -0.2) is 36.1 Å². The van der Waals surface area contributed by atoms with E-state index in [1.807, 2.05) is 40.0 Å². The zero-order valence-electron chi connectivity index (χ0n) is 14.3. The van der Waals surface area contributed by atoms with Crippen LogP contribution >= 0.6 is 0 Å². The number of nitrogens with zero attached hydrogens (tertiary/aromatic N) is 1. The van der Waals surface area contributed by atoms with Gasteiger partial charge in [-0.2, -0.15) is 0 Å². The van der Waals surface area contributed by atoms with Gasteiger partial charge in [-0.25, -0.2) is 0 Å². The first-order chi connectivity index (χ1) is 10.2. The molecule has 0 radical (unpaired) electrons. The van der Waals surface area contributed by atoms with Gasteiger partial charge in [0.2, 0.25) is 5.91 Å². The number of hydrogen-bond acceptors (Lipinski definition) is 3. The van der Waals surface area contributed by atoms with Crippen LogP contribution in [0.25, 0.3) is 0 Å². The Morgan fingerprint density at radius 3 is 2.68 bits per heavy atom. The highest BCUT2D eigenvalue weighted by Gasteiger charge is 2.63. The third-order valence-corrected chi connectivity index (χ3v) is 5.06. The lowest BCUT2D eigenvalue weighted by molar-refractivity contribution is -0.178. The molecule has 1 aliphatic carbocycles. The first-order valence-corrected chi connectivity index (χ1v) is 7.94. The van der Waals surface area contributed by atoms with Gasteiger partial charge in [0.1, 0.15) is 5.54 Å². The van der Waals surface area contributed by atoms with Crippen molar-refractivity contribution < 1.29 is 9.53 Å². The van der Waals surface area contributed by atoms with Crippen LogP contribution in [0.4, 0.5) is 0 Å². The number of benzene rings is 1. The Morgan fingerprint density at radius 2 is 2.14 bits per heavy atom. The molecule has 0 aliphatic heterocycles. The van der Waals surface area contributed by atoms with Crippen molar-refractivity contribution >= 4 is 5.91 Å². The topological polar surface area (TPSA) is 55.6 Å². The molecule has 2 unspecified atom stereocenters. The lowest BCUT2D eigenvalue weighted by Gasteiger charge is -2.58. The fraction of sp³-hybridized carbons (Fsp3) is 0.611. The third kappa shape index (κ3) is 2.77. The van der Waals surface area contributed by atoms with Crippen LogP contribution < -0.4 is 5.73 Å². The van der Waals surface area contributed by atoms with E-state index >= 15 is 0 Å². The second-order valence-electron chi connectivity index (χ2n) is 6.99. The molecule has 0 heterocycles. The molecule has 1 fully saturated rings. The number of aryl methyl sites for hydroxylation is 1. The monoisotopic (exact) mass is 304 g/mol. The number of amides is 1. The molecule has 0 spiro atoms. The zero-order valence-corrected chi connectivity index (χ0v) is 14.3. The van der Waals surface area contributed by atoms with Crippen LogP contribution in [0, 0.1) is 12.3 Å². The largest absolute Gasteiger partial charge is 0.378 e. The van der Waals surface area contributed by atoms with Crippen molar-refractivity contribution in [3.05, 3.63) is 35.4 Å². The minimum atomic E-state index is -0.842. The number of carbonyl (C=O) groups is 1. The highest BCUT2D eigenvalue weighted by molar-refractivity contribution is 5.88. The van der Waals surface area contributed by atoms with Crippen LogP contribution in [-0.2, 0) is 16.1 Å². The summed E-state index contributed by atoms with van der Waals surface area (Å²) in [5.41, 5.74) is 7.59. The maximum Gasteiger partial charge on any atom is 0.243 e. The third-order valence-electron chi connectivity index (χ3n) is 5.06. The summed E-state index contributed by atoms with van der Waals surface area (Å²) in [5, 5.41) is 0. The van der Waals surface area contributed by atoms with Gasteiger partial charge in [0.25, 0.3) is 0 Å². The number of carbonyl (C=O) groups excluding carboxylic acids is 1. The molecule has 2 N–H and O–H groups in total. The Balaban J connectivity index is 2.08. The SMILES string of the molecule is CCOC1CC(N)(C(=O)N(C)Cc2cccc(C)c2)C1(C)C. The van der Waals surface area contributed by atoms with Gasteiger partial charge < -0.3 is 15.4 Å². The summed E-state index contributed by atoms with van der Waals surface area (Å²) in [7, 11) is 1.82. The minimum absolute atomic E-state index is 0.00467. The summed E-state index contributed by atoms with van der Waals surface area (Å²) in [4.78, 5) is 14.6. The summed E-state index contributed by atoms with van der Waals surface area (Å²) in [6.07, 6.45) is 0.643. The molecule has 0 saturated heterocycles. The Labute approximate surface area is 133 Å². The molecule has 1 aliphatic rings. The molecule has 1 aromatic rings. The normalized spacial score (nSPS) is 26.4. The van der Waals surface area contributed by atoms with Crippen molar-refractivity contribution in [2.24, 2.45) is 11.1 Å². The molecule has 0 bridgehead atoms. The fourth-order valence-electron chi connectivity index (χ4n) is 3.29. The van der Waals surface area contributed by atoms with Gasteiger partial charge in [-0.1, -0.05) is 43.7 Å². The average Bonchev–Trinajstić information content (AvgIpc) is 2.46. The van der Waals surface area contributed by atoms with Crippen molar-refractivity contribution in [2.75, 3.05) is 13.7 Å². The molecule has 4 heteroatoms. The zero-order chi connectivity index (χ0) is 16.5. The molecule has 4 nitrogen and oxygen atoms in total. The van der Waals surface area contributed by atoms with E-state index < -0.39 is 5.54 Å². The van der Waals surface area contributed by atoms with E-state index in [0.717, 1.165) is 5.56 Å². The number of nitrogens with two attached hydrogens (primary N) is 1. The van der Waals surface area contributed by atoms with Crippen LogP contribution in [0.1, 0.15) is 38.3 Å². The lowest BCUT2D eigenvalue weighted by atomic mass is 9.54. The second kappa shape index (κ2) is 6.01. The van der Waals surface area contributed by atoms with Crippen molar-refractivity contribution in [1.29, 1.82) is 0 Å². The summed E-state index contributed by atoms with van der Waals surface area (Å²) in [6.45, 7) is 9.30.